The van der Waals surface area contributed by atoms with E-state index in [4.69, 9.17) is 0 Å². The van der Waals surface area contributed by atoms with Gasteiger partial charge >= 0.3 is 0 Å². The Labute approximate surface area is 154 Å². The summed E-state index contributed by atoms with van der Waals surface area (Å²) in [4.78, 5) is 31.2. The number of carbonyl (C=O) groups is 2. The van der Waals surface area contributed by atoms with Gasteiger partial charge in [0.15, 0.2) is 0 Å². The van der Waals surface area contributed by atoms with E-state index in [9.17, 15) is 9.59 Å². The number of rotatable bonds is 1. The zero-order chi connectivity index (χ0) is 17.9. The van der Waals surface area contributed by atoms with Crippen LogP contribution in [0.2, 0.25) is 0 Å². The Balaban J connectivity index is 1.63. The van der Waals surface area contributed by atoms with Crippen LogP contribution in [0.3, 0.4) is 0 Å². The van der Waals surface area contributed by atoms with Gasteiger partial charge in [-0.25, -0.2) is 0 Å². The highest BCUT2D eigenvalue weighted by Crippen LogP contribution is 2.32. The molecule has 0 radical (unpaired) electrons. The summed E-state index contributed by atoms with van der Waals surface area (Å²) in [6.45, 7) is 1.50. The number of aromatic amines is 1. The molecule has 2 fully saturated rings. The van der Waals surface area contributed by atoms with Gasteiger partial charge in [-0.2, -0.15) is 0 Å². The van der Waals surface area contributed by atoms with Crippen LogP contribution in [0.1, 0.15) is 55.4 Å². The van der Waals surface area contributed by atoms with Gasteiger partial charge in [-0.05, 0) is 37.8 Å². The topological polar surface area (TPSA) is 65.2 Å². The normalized spacial score (nSPS) is 24.8. The van der Waals surface area contributed by atoms with Crippen LogP contribution in [0.4, 0.5) is 0 Å². The van der Waals surface area contributed by atoms with E-state index in [-0.39, 0.29) is 23.8 Å². The van der Waals surface area contributed by atoms with E-state index in [1.165, 1.54) is 0 Å². The molecule has 1 saturated heterocycles. The number of benzene rings is 1. The summed E-state index contributed by atoms with van der Waals surface area (Å²) in [5.41, 5.74) is 1.61. The minimum atomic E-state index is -0.0681. The molecule has 1 aliphatic carbocycles. The van der Waals surface area contributed by atoms with Crippen LogP contribution in [0.15, 0.2) is 30.3 Å². The number of aromatic nitrogens is 1. The van der Waals surface area contributed by atoms with Gasteiger partial charge in [-0.1, -0.05) is 37.5 Å². The Hall–Kier alpha value is -2.30. The number of H-pyrrole nitrogens is 1. The molecule has 0 bridgehead atoms. The van der Waals surface area contributed by atoms with Gasteiger partial charge in [0, 0.05) is 30.0 Å². The minimum Gasteiger partial charge on any atom is -0.356 e. The number of nitrogens with one attached hydrogen (secondary N) is 2. The lowest BCUT2D eigenvalue weighted by molar-refractivity contribution is -0.126. The highest BCUT2D eigenvalue weighted by Gasteiger charge is 2.39. The minimum absolute atomic E-state index is 0.0204. The summed E-state index contributed by atoms with van der Waals surface area (Å²) in [6.07, 6.45) is 7.05. The van der Waals surface area contributed by atoms with Crippen LogP contribution in [-0.2, 0) is 4.79 Å². The molecule has 26 heavy (non-hydrogen) atoms. The fourth-order valence-corrected chi connectivity index (χ4v) is 4.48. The molecule has 0 unspecified atom stereocenters. The van der Waals surface area contributed by atoms with E-state index in [1.54, 1.807) is 0 Å². The average molecular weight is 353 g/mol. The van der Waals surface area contributed by atoms with Gasteiger partial charge < -0.3 is 15.2 Å². The standard InChI is InChI=1S/C21H27N3O2/c25-20-16-9-7-11-19(16)24(13-6-2-1-5-12-22-20)21(26)18-14-15-8-3-4-10-17(15)23-18/h3-4,8,10,14,16,19,23H,1-2,5-7,9,11-13H2,(H,22,25)/t16-,19+/m1/s1. The third kappa shape index (κ3) is 3.35. The van der Waals surface area contributed by atoms with Crippen molar-refractivity contribution in [3.63, 3.8) is 0 Å². The molecule has 2 N–H and O–H groups in total. The third-order valence-electron chi connectivity index (χ3n) is 5.86. The molecule has 1 saturated carbocycles. The smallest absolute Gasteiger partial charge is 0.270 e. The van der Waals surface area contributed by atoms with Crippen molar-refractivity contribution >= 4 is 22.7 Å². The summed E-state index contributed by atoms with van der Waals surface area (Å²) in [5, 5.41) is 4.14. The van der Waals surface area contributed by atoms with Gasteiger partial charge in [0.25, 0.3) is 5.91 Å². The van der Waals surface area contributed by atoms with Crippen molar-refractivity contribution in [2.24, 2.45) is 5.92 Å². The molecule has 5 heteroatoms. The third-order valence-corrected chi connectivity index (χ3v) is 5.86. The first-order valence-corrected chi connectivity index (χ1v) is 9.90. The Morgan fingerprint density at radius 2 is 1.88 bits per heavy atom. The lowest BCUT2D eigenvalue weighted by Gasteiger charge is -2.32. The SMILES string of the molecule is O=C1NCCCCCCN(C(=O)c2cc3ccccc3[nH]2)[C@H]2CCC[C@@H]12. The number of hydrogen-bond donors (Lipinski definition) is 2. The molecular formula is C21H27N3O2. The zero-order valence-corrected chi connectivity index (χ0v) is 15.2. The van der Waals surface area contributed by atoms with Crippen molar-refractivity contribution in [1.29, 1.82) is 0 Å². The summed E-state index contributed by atoms with van der Waals surface area (Å²) in [6, 6.07) is 9.91. The molecule has 4 rings (SSSR count). The number of hydrogen-bond acceptors (Lipinski definition) is 2. The highest BCUT2D eigenvalue weighted by atomic mass is 16.2. The van der Waals surface area contributed by atoms with Crippen LogP contribution >= 0.6 is 0 Å². The second-order valence-electron chi connectivity index (χ2n) is 7.58. The van der Waals surface area contributed by atoms with Crippen molar-refractivity contribution < 1.29 is 9.59 Å². The molecule has 0 spiro atoms. The molecule has 1 aromatic carbocycles. The number of nitrogens with zero attached hydrogens (tertiary/aromatic N) is 1. The van der Waals surface area contributed by atoms with Crippen LogP contribution in [-0.4, -0.2) is 40.8 Å². The predicted octanol–water partition coefficient (Wildman–Crippen LogP) is 3.47. The van der Waals surface area contributed by atoms with Crippen molar-refractivity contribution in [1.82, 2.24) is 15.2 Å². The second-order valence-corrected chi connectivity index (χ2v) is 7.58. The first-order valence-electron chi connectivity index (χ1n) is 9.90. The lowest BCUT2D eigenvalue weighted by atomic mass is 10.00. The monoisotopic (exact) mass is 353 g/mol. The van der Waals surface area contributed by atoms with Crippen molar-refractivity contribution in [2.45, 2.75) is 51.0 Å². The number of fused-ring (bicyclic) bond motifs is 2. The van der Waals surface area contributed by atoms with Crippen molar-refractivity contribution in [3.05, 3.63) is 36.0 Å². The van der Waals surface area contributed by atoms with Crippen LogP contribution < -0.4 is 5.32 Å². The van der Waals surface area contributed by atoms with Crippen LogP contribution in [0.25, 0.3) is 10.9 Å². The summed E-state index contributed by atoms with van der Waals surface area (Å²) >= 11 is 0. The highest BCUT2D eigenvalue weighted by molar-refractivity contribution is 5.98. The molecule has 2 heterocycles. The maximum Gasteiger partial charge on any atom is 0.270 e. The Morgan fingerprint density at radius 3 is 2.77 bits per heavy atom. The molecule has 2 amide bonds. The van der Waals surface area contributed by atoms with Crippen LogP contribution in [0.5, 0.6) is 0 Å². The van der Waals surface area contributed by atoms with E-state index in [1.807, 2.05) is 35.2 Å². The number of carbonyl (C=O) groups excluding carboxylic acids is 2. The molecule has 1 aromatic heterocycles. The molecule has 1 aliphatic heterocycles. The summed E-state index contributed by atoms with van der Waals surface area (Å²) in [7, 11) is 0. The summed E-state index contributed by atoms with van der Waals surface area (Å²) < 4.78 is 0. The van der Waals surface area contributed by atoms with Gasteiger partial charge in [-0.15, -0.1) is 0 Å². The Morgan fingerprint density at radius 1 is 1.04 bits per heavy atom. The van der Waals surface area contributed by atoms with E-state index in [0.717, 1.165) is 68.9 Å². The average Bonchev–Trinajstić information content (AvgIpc) is 3.29. The Kier molecular flexibility index (Phi) is 4.96. The second kappa shape index (κ2) is 7.52. The van der Waals surface area contributed by atoms with Gasteiger partial charge in [0.2, 0.25) is 5.91 Å². The Bertz CT molecular complexity index is 764. The van der Waals surface area contributed by atoms with E-state index in [0.29, 0.717) is 5.69 Å². The van der Waals surface area contributed by atoms with Crippen molar-refractivity contribution in [2.75, 3.05) is 13.1 Å². The molecule has 138 valence electrons. The first-order chi connectivity index (χ1) is 12.7. The fraction of sp³-hybridized carbons (Fsp3) is 0.524. The maximum atomic E-state index is 13.3. The zero-order valence-electron chi connectivity index (χ0n) is 15.2. The largest absolute Gasteiger partial charge is 0.356 e. The number of para-hydroxylation sites is 1. The van der Waals surface area contributed by atoms with Gasteiger partial charge in [0.05, 0.1) is 5.92 Å². The maximum absolute atomic E-state index is 13.3. The molecule has 2 aliphatic rings. The lowest BCUT2D eigenvalue weighted by Crippen LogP contribution is -2.47. The van der Waals surface area contributed by atoms with E-state index < -0.39 is 0 Å². The predicted molar refractivity (Wildman–Crippen MR) is 102 cm³/mol. The number of amides is 2. The van der Waals surface area contributed by atoms with E-state index >= 15 is 0 Å². The quantitative estimate of drug-likeness (QED) is 0.824. The van der Waals surface area contributed by atoms with Crippen molar-refractivity contribution in [3.8, 4) is 0 Å². The molecular weight excluding hydrogens is 326 g/mol. The van der Waals surface area contributed by atoms with E-state index in [2.05, 4.69) is 10.3 Å². The summed E-state index contributed by atoms with van der Waals surface area (Å²) in [5.74, 6) is 0.0930. The molecule has 2 aromatic rings. The van der Waals surface area contributed by atoms with Gasteiger partial charge in [0.1, 0.15) is 5.69 Å². The first kappa shape index (κ1) is 17.1. The molecule has 2 atom stereocenters. The van der Waals surface area contributed by atoms with Gasteiger partial charge in [-0.3, -0.25) is 9.59 Å². The molecule has 5 nitrogen and oxygen atoms in total. The fourth-order valence-electron chi connectivity index (χ4n) is 4.48. The van der Waals surface area contributed by atoms with Crippen LogP contribution in [0, 0.1) is 5.92 Å².